The summed E-state index contributed by atoms with van der Waals surface area (Å²) in [5, 5.41) is 1.43. The first kappa shape index (κ1) is 40.5. The van der Waals surface area contributed by atoms with E-state index in [0.29, 0.717) is 0 Å². The van der Waals surface area contributed by atoms with Gasteiger partial charge in [0.15, 0.2) is 0 Å². The first-order chi connectivity index (χ1) is 30.1. The maximum atomic E-state index is 3.68. The lowest BCUT2D eigenvalue weighted by Gasteiger charge is -2.26. The molecular weight excluding hydrogens is 787 g/mol. The van der Waals surface area contributed by atoms with Crippen LogP contribution >= 0.6 is 23.1 Å². The molecule has 3 heteroatoms. The van der Waals surface area contributed by atoms with E-state index in [1.54, 1.807) is 5.56 Å². The van der Waals surface area contributed by atoms with Crippen molar-refractivity contribution >= 4 is 61.3 Å². The molecule has 1 atom stereocenters. The molecule has 5 aromatic rings. The zero-order valence-corrected chi connectivity index (χ0v) is 38.8. The lowest BCUT2D eigenvalue weighted by Crippen LogP contribution is -2.18. The Morgan fingerprint density at radius 2 is 1.68 bits per heavy atom. The first-order valence-corrected chi connectivity index (χ1v) is 24.2. The van der Waals surface area contributed by atoms with Gasteiger partial charge >= 0.3 is 0 Å². The van der Waals surface area contributed by atoms with Gasteiger partial charge in [-0.1, -0.05) is 110 Å². The Morgan fingerprint density at radius 1 is 0.903 bits per heavy atom. The molecule has 1 nitrogen and oxygen atoms in total. The highest BCUT2D eigenvalue weighted by atomic mass is 32.2. The number of thioether (sulfide) groups is 1. The third kappa shape index (κ3) is 6.70. The fourth-order valence-electron chi connectivity index (χ4n) is 10.7. The van der Waals surface area contributed by atoms with Crippen LogP contribution < -0.4 is 4.90 Å². The Bertz CT molecular complexity index is 3000. The molecular formula is C59H55NS2. The molecule has 62 heavy (non-hydrogen) atoms. The van der Waals surface area contributed by atoms with Gasteiger partial charge < -0.3 is 4.90 Å². The lowest BCUT2D eigenvalue weighted by molar-refractivity contribution is 0.573. The highest BCUT2D eigenvalue weighted by Gasteiger charge is 2.43. The molecule has 1 aliphatic heterocycles. The van der Waals surface area contributed by atoms with Crippen molar-refractivity contribution in [1.82, 2.24) is 0 Å². The van der Waals surface area contributed by atoms with Crippen molar-refractivity contribution in [2.45, 2.75) is 79.6 Å². The standard InChI is InChI=1S/C59H55NS2/c1-8-16-45(38(2)3)46-30-32-52-55(39(46)4)40(5)51(58(52,6)7)20-15-36-60(44-28-24-42(25-29-44)48-31-33-53-57(48)61-37-59(53)34-12-13-35-59)43-26-22-41(23-27-43)47-18-14-19-50-49-17-10-9-11-21-54(49)62-56(47)50/h8-9,11-12,14-16,18-20,22-32,35H,10,17,21,34,36-37H2,1-7H3/b16-8-,20-15-. The Labute approximate surface area is 377 Å². The molecule has 0 bridgehead atoms. The smallest absolute Gasteiger partial charge is 0.0427 e. The summed E-state index contributed by atoms with van der Waals surface area (Å²) in [6.07, 6.45) is 24.9. The van der Waals surface area contributed by atoms with Crippen molar-refractivity contribution in [3.8, 4) is 11.1 Å². The van der Waals surface area contributed by atoms with Crippen molar-refractivity contribution in [2.75, 3.05) is 17.2 Å². The van der Waals surface area contributed by atoms with Crippen LogP contribution in [0.1, 0.15) is 92.6 Å². The van der Waals surface area contributed by atoms with E-state index in [1.165, 1.54) is 104 Å². The van der Waals surface area contributed by atoms with Crippen LogP contribution in [-0.4, -0.2) is 12.3 Å². The fraction of sp³-hybridized carbons (Fsp3) is 0.254. The predicted octanol–water partition coefficient (Wildman–Crippen LogP) is 16.4. The topological polar surface area (TPSA) is 3.24 Å². The van der Waals surface area contributed by atoms with Crippen LogP contribution in [0.2, 0.25) is 0 Å². The molecule has 0 amide bonds. The van der Waals surface area contributed by atoms with E-state index in [-0.39, 0.29) is 10.8 Å². The second-order valence-corrected chi connectivity index (χ2v) is 20.4. The highest BCUT2D eigenvalue weighted by molar-refractivity contribution is 8.04. The van der Waals surface area contributed by atoms with Gasteiger partial charge in [-0.05, 0) is 163 Å². The normalized spacial score (nSPS) is 19.4. The van der Waals surface area contributed by atoms with Gasteiger partial charge in [-0.15, -0.1) is 34.6 Å². The monoisotopic (exact) mass is 841 g/mol. The Morgan fingerprint density at radius 3 is 2.40 bits per heavy atom. The second kappa shape index (κ2) is 16.0. The van der Waals surface area contributed by atoms with Crippen LogP contribution in [0.5, 0.6) is 0 Å². The molecule has 1 unspecified atom stereocenters. The summed E-state index contributed by atoms with van der Waals surface area (Å²) >= 11 is 3.97. The average Bonchev–Trinajstić information content (AvgIpc) is 4.08. The van der Waals surface area contributed by atoms with E-state index >= 15 is 0 Å². The molecule has 1 spiro atoms. The summed E-state index contributed by atoms with van der Waals surface area (Å²) in [6.45, 7) is 16.7. The van der Waals surface area contributed by atoms with E-state index < -0.39 is 0 Å². The number of hydrogen-bond acceptors (Lipinski definition) is 3. The van der Waals surface area contributed by atoms with Crippen LogP contribution in [0.3, 0.4) is 0 Å². The molecule has 4 aromatic carbocycles. The van der Waals surface area contributed by atoms with Crippen molar-refractivity contribution in [3.63, 3.8) is 0 Å². The zero-order valence-electron chi connectivity index (χ0n) is 37.2. The molecule has 0 saturated carbocycles. The van der Waals surface area contributed by atoms with Crippen molar-refractivity contribution in [2.24, 2.45) is 5.41 Å². The SMILES string of the molecule is C/C=C\C(=C(C)C)c1ccc2c(c1C)C(C)=C(/C=C\CN(c1ccc(C3=C4SCC5(C=C=CC5)C4=C=C3)cc1)c1ccc(-c3cccc4c5c(sc34)CC=CCC5)cc1)C2(C)C. The van der Waals surface area contributed by atoms with Crippen LogP contribution in [0, 0.1) is 12.3 Å². The van der Waals surface area contributed by atoms with E-state index in [1.807, 2.05) is 23.1 Å². The molecule has 4 aliphatic carbocycles. The summed E-state index contributed by atoms with van der Waals surface area (Å²) in [6, 6.07) is 30.2. The summed E-state index contributed by atoms with van der Waals surface area (Å²) in [4.78, 5) is 5.38. The molecule has 1 aromatic heterocycles. The van der Waals surface area contributed by atoms with Gasteiger partial charge in [-0.3, -0.25) is 0 Å². The minimum Gasteiger partial charge on any atom is -0.338 e. The van der Waals surface area contributed by atoms with Gasteiger partial charge in [0.25, 0.3) is 0 Å². The number of thiophene rings is 1. The van der Waals surface area contributed by atoms with E-state index in [4.69, 9.17) is 0 Å². The lowest BCUT2D eigenvalue weighted by atomic mass is 9.79. The van der Waals surface area contributed by atoms with E-state index in [9.17, 15) is 0 Å². The fourth-order valence-corrected chi connectivity index (χ4v) is 13.5. The number of nitrogens with zero attached hydrogens (tertiary/aromatic N) is 1. The molecule has 1 saturated heterocycles. The summed E-state index contributed by atoms with van der Waals surface area (Å²) in [7, 11) is 0. The molecule has 0 radical (unpaired) electrons. The van der Waals surface area contributed by atoms with Crippen molar-refractivity contribution in [1.29, 1.82) is 0 Å². The van der Waals surface area contributed by atoms with Gasteiger partial charge in [0.2, 0.25) is 0 Å². The van der Waals surface area contributed by atoms with E-state index in [2.05, 4.69) is 198 Å². The maximum absolute atomic E-state index is 3.68. The summed E-state index contributed by atoms with van der Waals surface area (Å²) < 4.78 is 1.42. The van der Waals surface area contributed by atoms with Crippen LogP contribution in [0.4, 0.5) is 11.4 Å². The quantitative estimate of drug-likeness (QED) is 0.0826. The molecule has 0 N–H and O–H groups in total. The number of allylic oxidation sites excluding steroid dienone is 12. The van der Waals surface area contributed by atoms with Crippen molar-refractivity contribution < 1.29 is 0 Å². The van der Waals surface area contributed by atoms with Gasteiger partial charge in [0.05, 0.1) is 0 Å². The minimum absolute atomic E-state index is 0.0730. The van der Waals surface area contributed by atoms with Crippen LogP contribution in [-0.2, 0) is 18.3 Å². The number of anilines is 2. The Kier molecular flexibility index (Phi) is 10.5. The highest BCUT2D eigenvalue weighted by Crippen LogP contribution is 2.57. The molecule has 10 rings (SSSR count). The zero-order chi connectivity index (χ0) is 42.8. The molecule has 308 valence electrons. The van der Waals surface area contributed by atoms with Gasteiger partial charge in [0.1, 0.15) is 0 Å². The molecule has 5 aliphatic rings. The van der Waals surface area contributed by atoms with Crippen LogP contribution in [0.15, 0.2) is 167 Å². The predicted molar refractivity (Wildman–Crippen MR) is 272 cm³/mol. The third-order valence-corrected chi connectivity index (χ3v) is 16.7. The maximum Gasteiger partial charge on any atom is 0.0427 e. The number of aryl methyl sites for hydroxylation is 1. The van der Waals surface area contributed by atoms with Crippen LogP contribution in [0.25, 0.3) is 37.9 Å². The second-order valence-electron chi connectivity index (χ2n) is 18.3. The number of hydrogen-bond donors (Lipinski definition) is 0. The molecule has 2 heterocycles. The van der Waals surface area contributed by atoms with Gasteiger partial charge in [-0.2, -0.15) is 0 Å². The largest absolute Gasteiger partial charge is 0.338 e. The minimum atomic E-state index is -0.103. The molecule has 1 fully saturated rings. The van der Waals surface area contributed by atoms with E-state index in [0.717, 1.165) is 38.0 Å². The average molecular weight is 842 g/mol. The number of rotatable bonds is 9. The van der Waals surface area contributed by atoms with Gasteiger partial charge in [0, 0.05) is 66.6 Å². The number of benzene rings is 4. The number of fused-ring (bicyclic) bond motifs is 6. The summed E-state index contributed by atoms with van der Waals surface area (Å²) in [5.74, 6) is 1.07. The Hall–Kier alpha value is -5.53. The summed E-state index contributed by atoms with van der Waals surface area (Å²) in [5.41, 5.74) is 28.4. The first-order valence-electron chi connectivity index (χ1n) is 22.4. The van der Waals surface area contributed by atoms with Gasteiger partial charge in [-0.25, -0.2) is 0 Å². The Balaban J connectivity index is 0.994. The third-order valence-electron chi connectivity index (χ3n) is 14.0. The van der Waals surface area contributed by atoms with Crippen molar-refractivity contribution in [3.05, 3.63) is 205 Å².